The Bertz CT molecular complexity index is 524. The van der Waals surface area contributed by atoms with E-state index in [0.29, 0.717) is 0 Å². The molecule has 0 fully saturated rings. The Morgan fingerprint density at radius 1 is 1.32 bits per heavy atom. The summed E-state index contributed by atoms with van der Waals surface area (Å²) in [6.45, 7) is 3.09. The molecule has 0 spiro atoms. The lowest BCUT2D eigenvalue weighted by Crippen LogP contribution is -2.23. The highest BCUT2D eigenvalue weighted by molar-refractivity contribution is 5.32. The molecule has 0 aliphatic carbocycles. The van der Waals surface area contributed by atoms with Crippen molar-refractivity contribution in [3.05, 3.63) is 42.0 Å². The molecule has 0 saturated carbocycles. The summed E-state index contributed by atoms with van der Waals surface area (Å²) in [6.07, 6.45) is 8.56. The Morgan fingerprint density at radius 3 is 2.79 bits per heavy atom. The van der Waals surface area contributed by atoms with Gasteiger partial charge in [-0.05, 0) is 24.6 Å². The Labute approximate surface area is 113 Å². The molecule has 19 heavy (non-hydrogen) atoms. The van der Waals surface area contributed by atoms with Crippen molar-refractivity contribution in [2.75, 3.05) is 13.7 Å². The Morgan fingerprint density at radius 2 is 2.16 bits per heavy atom. The number of nitrogens with one attached hydrogen (secondary N) is 1. The van der Waals surface area contributed by atoms with Gasteiger partial charge in [-0.3, -0.25) is 9.67 Å². The van der Waals surface area contributed by atoms with E-state index >= 15 is 0 Å². The molecule has 2 heterocycles. The summed E-state index contributed by atoms with van der Waals surface area (Å²) in [7, 11) is 3.57. The van der Waals surface area contributed by atoms with Gasteiger partial charge in [0.05, 0.1) is 25.5 Å². The van der Waals surface area contributed by atoms with Crippen LogP contribution in [0.5, 0.6) is 5.75 Å². The molecule has 2 rings (SSSR count). The fourth-order valence-corrected chi connectivity index (χ4v) is 2.01. The van der Waals surface area contributed by atoms with E-state index in [1.807, 2.05) is 36.4 Å². The van der Waals surface area contributed by atoms with Crippen molar-refractivity contribution in [1.82, 2.24) is 20.1 Å². The number of aryl methyl sites for hydroxylation is 1. The van der Waals surface area contributed by atoms with Crippen LogP contribution in [0.2, 0.25) is 0 Å². The number of rotatable bonds is 6. The summed E-state index contributed by atoms with van der Waals surface area (Å²) in [5, 5.41) is 7.76. The van der Waals surface area contributed by atoms with Crippen molar-refractivity contribution in [3.8, 4) is 5.75 Å². The lowest BCUT2D eigenvalue weighted by molar-refractivity contribution is 0.411. The molecule has 0 aliphatic rings. The average molecular weight is 260 g/mol. The third-order valence-electron chi connectivity index (χ3n) is 2.96. The first-order valence-electron chi connectivity index (χ1n) is 6.45. The van der Waals surface area contributed by atoms with Crippen LogP contribution in [0, 0.1) is 0 Å². The second-order valence-corrected chi connectivity index (χ2v) is 4.49. The molecule has 2 aromatic heterocycles. The van der Waals surface area contributed by atoms with E-state index in [2.05, 4.69) is 22.3 Å². The standard InChI is InChI=1S/C14H20N4O/c1-4-5-16-14(12-8-17-18(2)10-12)11-6-13(19-3)9-15-7-11/h6-10,14,16H,4-5H2,1-3H3. The van der Waals surface area contributed by atoms with Gasteiger partial charge in [-0.2, -0.15) is 5.10 Å². The van der Waals surface area contributed by atoms with E-state index in [4.69, 9.17) is 4.74 Å². The SMILES string of the molecule is CCCNC(c1cncc(OC)c1)c1cnn(C)c1. The molecule has 5 nitrogen and oxygen atoms in total. The summed E-state index contributed by atoms with van der Waals surface area (Å²) in [5.74, 6) is 0.768. The third-order valence-corrected chi connectivity index (χ3v) is 2.96. The second-order valence-electron chi connectivity index (χ2n) is 4.49. The monoisotopic (exact) mass is 260 g/mol. The van der Waals surface area contributed by atoms with Crippen LogP contribution < -0.4 is 10.1 Å². The van der Waals surface area contributed by atoms with Gasteiger partial charge in [-0.15, -0.1) is 0 Å². The zero-order valence-electron chi connectivity index (χ0n) is 11.6. The van der Waals surface area contributed by atoms with Gasteiger partial charge < -0.3 is 10.1 Å². The fraction of sp³-hybridized carbons (Fsp3) is 0.429. The Balaban J connectivity index is 2.30. The lowest BCUT2D eigenvalue weighted by atomic mass is 10.0. The van der Waals surface area contributed by atoms with Crippen LogP contribution in [-0.2, 0) is 7.05 Å². The minimum atomic E-state index is 0.0937. The van der Waals surface area contributed by atoms with E-state index < -0.39 is 0 Å². The van der Waals surface area contributed by atoms with Gasteiger partial charge in [0.1, 0.15) is 5.75 Å². The highest BCUT2D eigenvalue weighted by atomic mass is 16.5. The maximum absolute atomic E-state index is 5.24. The van der Waals surface area contributed by atoms with Crippen LogP contribution >= 0.6 is 0 Å². The highest BCUT2D eigenvalue weighted by Crippen LogP contribution is 2.23. The molecule has 5 heteroatoms. The van der Waals surface area contributed by atoms with E-state index in [1.165, 1.54) is 0 Å². The molecular weight excluding hydrogens is 240 g/mol. The lowest BCUT2D eigenvalue weighted by Gasteiger charge is -2.17. The molecule has 2 aromatic rings. The summed E-state index contributed by atoms with van der Waals surface area (Å²) in [6, 6.07) is 2.10. The average Bonchev–Trinajstić information content (AvgIpc) is 2.86. The van der Waals surface area contributed by atoms with Crippen molar-refractivity contribution < 1.29 is 4.74 Å². The van der Waals surface area contributed by atoms with Crippen LogP contribution in [-0.4, -0.2) is 28.4 Å². The molecule has 0 radical (unpaired) electrons. The molecule has 1 unspecified atom stereocenters. The van der Waals surface area contributed by atoms with E-state index in [-0.39, 0.29) is 6.04 Å². The van der Waals surface area contributed by atoms with Gasteiger partial charge in [-0.25, -0.2) is 0 Å². The first-order valence-corrected chi connectivity index (χ1v) is 6.45. The zero-order chi connectivity index (χ0) is 13.7. The van der Waals surface area contributed by atoms with Crippen LogP contribution in [0.25, 0.3) is 0 Å². The van der Waals surface area contributed by atoms with Gasteiger partial charge in [0.25, 0.3) is 0 Å². The van der Waals surface area contributed by atoms with Gasteiger partial charge in [0.2, 0.25) is 0 Å². The molecule has 0 saturated heterocycles. The normalized spacial score (nSPS) is 12.4. The largest absolute Gasteiger partial charge is 0.495 e. The fourth-order valence-electron chi connectivity index (χ4n) is 2.01. The van der Waals surface area contributed by atoms with Gasteiger partial charge in [-0.1, -0.05) is 6.92 Å². The summed E-state index contributed by atoms with van der Waals surface area (Å²) < 4.78 is 7.05. The van der Waals surface area contributed by atoms with E-state index in [0.717, 1.165) is 29.8 Å². The van der Waals surface area contributed by atoms with Crippen molar-refractivity contribution in [2.24, 2.45) is 7.05 Å². The minimum Gasteiger partial charge on any atom is -0.495 e. The first kappa shape index (κ1) is 13.5. The number of pyridine rings is 1. The Kier molecular flexibility index (Phi) is 4.52. The molecule has 0 bridgehead atoms. The number of ether oxygens (including phenoxy) is 1. The van der Waals surface area contributed by atoms with Crippen molar-refractivity contribution in [2.45, 2.75) is 19.4 Å². The molecule has 102 valence electrons. The van der Waals surface area contributed by atoms with Crippen LogP contribution in [0.15, 0.2) is 30.9 Å². The smallest absolute Gasteiger partial charge is 0.137 e. The second kappa shape index (κ2) is 6.33. The minimum absolute atomic E-state index is 0.0937. The number of nitrogens with zero attached hydrogens (tertiary/aromatic N) is 3. The molecule has 1 atom stereocenters. The summed E-state index contributed by atoms with van der Waals surface area (Å²) in [5.41, 5.74) is 2.21. The Hall–Kier alpha value is -1.88. The third kappa shape index (κ3) is 3.32. The van der Waals surface area contributed by atoms with Gasteiger partial charge in [0, 0.05) is 25.0 Å². The van der Waals surface area contributed by atoms with Crippen LogP contribution in [0.4, 0.5) is 0 Å². The highest BCUT2D eigenvalue weighted by Gasteiger charge is 2.16. The van der Waals surface area contributed by atoms with Crippen LogP contribution in [0.3, 0.4) is 0 Å². The summed E-state index contributed by atoms with van der Waals surface area (Å²) >= 11 is 0. The van der Waals surface area contributed by atoms with Crippen molar-refractivity contribution in [1.29, 1.82) is 0 Å². The van der Waals surface area contributed by atoms with Crippen LogP contribution in [0.1, 0.15) is 30.5 Å². The molecule has 0 amide bonds. The van der Waals surface area contributed by atoms with E-state index in [1.54, 1.807) is 13.3 Å². The zero-order valence-corrected chi connectivity index (χ0v) is 11.6. The predicted molar refractivity (Wildman–Crippen MR) is 74.1 cm³/mol. The van der Waals surface area contributed by atoms with E-state index in [9.17, 15) is 0 Å². The van der Waals surface area contributed by atoms with Gasteiger partial charge in [0.15, 0.2) is 0 Å². The van der Waals surface area contributed by atoms with Crippen molar-refractivity contribution >= 4 is 0 Å². The number of hydrogen-bond acceptors (Lipinski definition) is 4. The number of aromatic nitrogens is 3. The summed E-state index contributed by atoms with van der Waals surface area (Å²) in [4.78, 5) is 4.22. The molecule has 0 aromatic carbocycles. The quantitative estimate of drug-likeness (QED) is 0.862. The maximum atomic E-state index is 5.24. The molecule has 0 aliphatic heterocycles. The molecular formula is C14H20N4O. The number of hydrogen-bond donors (Lipinski definition) is 1. The first-order chi connectivity index (χ1) is 9.24. The maximum Gasteiger partial charge on any atom is 0.137 e. The topological polar surface area (TPSA) is 52.0 Å². The van der Waals surface area contributed by atoms with Gasteiger partial charge >= 0.3 is 0 Å². The molecule has 1 N–H and O–H groups in total. The predicted octanol–water partition coefficient (Wildman–Crippen LogP) is 1.91. The number of methoxy groups -OCH3 is 1. The van der Waals surface area contributed by atoms with Crippen molar-refractivity contribution in [3.63, 3.8) is 0 Å².